The van der Waals surface area contributed by atoms with Crippen molar-refractivity contribution in [3.63, 3.8) is 0 Å². The number of hydrogen-bond donors (Lipinski definition) is 0. The topological polar surface area (TPSA) is 35.5 Å². The van der Waals surface area contributed by atoms with Crippen LogP contribution in [0, 0.1) is 17.5 Å². The Morgan fingerprint density at radius 2 is 1.76 bits per heavy atom. The summed E-state index contributed by atoms with van der Waals surface area (Å²) in [7, 11) is 1.30. The molecule has 21 heavy (non-hydrogen) atoms. The first-order valence-corrected chi connectivity index (χ1v) is 5.96. The molecule has 2 rings (SSSR count). The van der Waals surface area contributed by atoms with Gasteiger partial charge in [-0.25, -0.2) is 13.2 Å². The Kier molecular flexibility index (Phi) is 4.47. The number of rotatable bonds is 5. The summed E-state index contributed by atoms with van der Waals surface area (Å²) in [6.07, 6.45) is 0. The van der Waals surface area contributed by atoms with Gasteiger partial charge in [0, 0.05) is 11.6 Å². The van der Waals surface area contributed by atoms with Crippen LogP contribution in [0.1, 0.15) is 10.4 Å². The maximum atomic E-state index is 13.5. The van der Waals surface area contributed by atoms with Gasteiger partial charge in [-0.15, -0.1) is 0 Å². The SMILES string of the molecule is COc1ccc(C(=O)COc2cc(F)ccc2F)cc1F. The van der Waals surface area contributed by atoms with Crippen LogP contribution in [0.2, 0.25) is 0 Å². The zero-order valence-electron chi connectivity index (χ0n) is 11.0. The maximum Gasteiger partial charge on any atom is 0.200 e. The van der Waals surface area contributed by atoms with Gasteiger partial charge in [0.05, 0.1) is 7.11 Å². The summed E-state index contributed by atoms with van der Waals surface area (Å²) in [5.41, 5.74) is 0.0464. The molecule has 0 atom stereocenters. The molecule has 2 aromatic rings. The molecule has 0 radical (unpaired) electrons. The quantitative estimate of drug-likeness (QED) is 0.794. The summed E-state index contributed by atoms with van der Waals surface area (Å²) in [5.74, 6) is -3.11. The first-order valence-electron chi connectivity index (χ1n) is 5.96. The van der Waals surface area contributed by atoms with Crippen molar-refractivity contribution in [1.29, 1.82) is 0 Å². The average molecular weight is 296 g/mol. The minimum atomic E-state index is -0.787. The van der Waals surface area contributed by atoms with Crippen LogP contribution >= 0.6 is 0 Å². The largest absolute Gasteiger partial charge is 0.494 e. The highest BCUT2D eigenvalue weighted by atomic mass is 19.1. The Balaban J connectivity index is 2.08. The average Bonchev–Trinajstić information content (AvgIpc) is 2.47. The van der Waals surface area contributed by atoms with E-state index in [0.717, 1.165) is 24.3 Å². The molecule has 0 bridgehead atoms. The Morgan fingerprint density at radius 3 is 2.43 bits per heavy atom. The normalized spacial score (nSPS) is 10.3. The van der Waals surface area contributed by atoms with E-state index >= 15 is 0 Å². The molecule has 6 heteroatoms. The zero-order valence-corrected chi connectivity index (χ0v) is 11.0. The minimum Gasteiger partial charge on any atom is -0.494 e. The van der Waals surface area contributed by atoms with Crippen molar-refractivity contribution in [2.75, 3.05) is 13.7 Å². The van der Waals surface area contributed by atoms with Crippen molar-refractivity contribution in [2.24, 2.45) is 0 Å². The van der Waals surface area contributed by atoms with Crippen molar-refractivity contribution in [3.05, 3.63) is 59.4 Å². The molecule has 0 fully saturated rings. The van der Waals surface area contributed by atoms with E-state index in [0.29, 0.717) is 0 Å². The smallest absolute Gasteiger partial charge is 0.200 e. The summed E-state index contributed by atoms with van der Waals surface area (Å²) >= 11 is 0. The lowest BCUT2D eigenvalue weighted by Crippen LogP contribution is -2.12. The fraction of sp³-hybridized carbons (Fsp3) is 0.133. The van der Waals surface area contributed by atoms with Gasteiger partial charge >= 0.3 is 0 Å². The van der Waals surface area contributed by atoms with Crippen LogP contribution in [0.15, 0.2) is 36.4 Å². The zero-order chi connectivity index (χ0) is 15.4. The molecular weight excluding hydrogens is 285 g/mol. The summed E-state index contributed by atoms with van der Waals surface area (Å²) in [6, 6.07) is 6.30. The van der Waals surface area contributed by atoms with Crippen LogP contribution in [0.25, 0.3) is 0 Å². The molecule has 2 aromatic carbocycles. The number of Topliss-reactive ketones (excluding diaryl/α,β-unsaturated/α-hetero) is 1. The molecule has 0 amide bonds. The standard InChI is InChI=1S/C15H11F3O3/c1-20-14-5-2-9(6-12(14)18)13(19)8-21-15-7-10(16)3-4-11(15)17/h2-7H,8H2,1H3. The molecular formula is C15H11F3O3. The van der Waals surface area contributed by atoms with Gasteiger partial charge < -0.3 is 9.47 Å². The number of benzene rings is 2. The molecule has 0 aromatic heterocycles. The molecule has 0 aliphatic rings. The predicted octanol–water partition coefficient (Wildman–Crippen LogP) is 3.37. The van der Waals surface area contributed by atoms with E-state index in [1.54, 1.807) is 0 Å². The molecule has 0 spiro atoms. The Morgan fingerprint density at radius 1 is 1.00 bits per heavy atom. The molecule has 3 nitrogen and oxygen atoms in total. The van der Waals surface area contributed by atoms with Crippen LogP contribution in [-0.2, 0) is 0 Å². The second-order valence-electron chi connectivity index (χ2n) is 4.14. The molecule has 0 saturated carbocycles. The predicted molar refractivity (Wildman–Crippen MR) is 69.1 cm³/mol. The Bertz CT molecular complexity index is 671. The second-order valence-corrected chi connectivity index (χ2v) is 4.14. The minimum absolute atomic E-state index is 0.00337. The third kappa shape index (κ3) is 3.53. The molecule has 0 aliphatic heterocycles. The summed E-state index contributed by atoms with van der Waals surface area (Å²) in [6.45, 7) is -0.536. The van der Waals surface area contributed by atoms with E-state index < -0.39 is 29.8 Å². The molecule has 110 valence electrons. The van der Waals surface area contributed by atoms with Crippen molar-refractivity contribution < 1.29 is 27.4 Å². The van der Waals surface area contributed by atoms with E-state index in [2.05, 4.69) is 0 Å². The van der Waals surface area contributed by atoms with E-state index in [4.69, 9.17) is 9.47 Å². The highest BCUT2D eigenvalue weighted by molar-refractivity contribution is 5.97. The van der Waals surface area contributed by atoms with Gasteiger partial charge in [-0.1, -0.05) is 0 Å². The van der Waals surface area contributed by atoms with Gasteiger partial charge in [0.15, 0.2) is 35.5 Å². The number of methoxy groups -OCH3 is 1. The molecule has 0 saturated heterocycles. The monoisotopic (exact) mass is 296 g/mol. The van der Waals surface area contributed by atoms with E-state index in [1.165, 1.54) is 19.2 Å². The van der Waals surface area contributed by atoms with Gasteiger partial charge in [0.1, 0.15) is 5.82 Å². The summed E-state index contributed by atoms with van der Waals surface area (Å²) in [5, 5.41) is 0. The van der Waals surface area contributed by atoms with Gasteiger partial charge in [0.25, 0.3) is 0 Å². The van der Waals surface area contributed by atoms with Crippen LogP contribution in [0.3, 0.4) is 0 Å². The molecule has 0 N–H and O–H groups in total. The maximum absolute atomic E-state index is 13.5. The fourth-order valence-corrected chi connectivity index (χ4v) is 1.65. The lowest BCUT2D eigenvalue weighted by Gasteiger charge is -2.08. The van der Waals surface area contributed by atoms with Crippen molar-refractivity contribution in [3.8, 4) is 11.5 Å². The summed E-state index contributed by atoms with van der Waals surface area (Å²) in [4.78, 5) is 11.8. The van der Waals surface area contributed by atoms with E-state index in [-0.39, 0.29) is 17.1 Å². The first-order chi connectivity index (χ1) is 10.0. The molecule has 0 heterocycles. The van der Waals surface area contributed by atoms with Gasteiger partial charge in [-0.05, 0) is 30.3 Å². The Labute approximate surface area is 118 Å². The van der Waals surface area contributed by atoms with E-state index in [1.807, 2.05) is 0 Å². The van der Waals surface area contributed by atoms with E-state index in [9.17, 15) is 18.0 Å². The lowest BCUT2D eigenvalue weighted by molar-refractivity contribution is 0.0918. The van der Waals surface area contributed by atoms with Crippen LogP contribution < -0.4 is 9.47 Å². The van der Waals surface area contributed by atoms with Gasteiger partial charge in [-0.2, -0.15) is 0 Å². The van der Waals surface area contributed by atoms with Crippen molar-refractivity contribution in [2.45, 2.75) is 0 Å². The highest BCUT2D eigenvalue weighted by Gasteiger charge is 2.12. The number of hydrogen-bond acceptors (Lipinski definition) is 3. The lowest BCUT2D eigenvalue weighted by atomic mass is 10.1. The number of carbonyl (C=O) groups excluding carboxylic acids is 1. The third-order valence-corrected chi connectivity index (χ3v) is 2.73. The van der Waals surface area contributed by atoms with Gasteiger partial charge in [0.2, 0.25) is 0 Å². The number of halogens is 3. The van der Waals surface area contributed by atoms with Crippen molar-refractivity contribution in [1.82, 2.24) is 0 Å². The first kappa shape index (κ1) is 14.9. The van der Waals surface area contributed by atoms with Crippen LogP contribution in [0.5, 0.6) is 11.5 Å². The second kappa shape index (κ2) is 6.30. The van der Waals surface area contributed by atoms with Gasteiger partial charge in [-0.3, -0.25) is 4.79 Å². The molecule has 0 unspecified atom stereocenters. The van der Waals surface area contributed by atoms with Crippen LogP contribution in [-0.4, -0.2) is 19.5 Å². The highest BCUT2D eigenvalue weighted by Crippen LogP contribution is 2.20. The fourth-order valence-electron chi connectivity index (χ4n) is 1.65. The number of ether oxygens (including phenoxy) is 2. The van der Waals surface area contributed by atoms with Crippen LogP contribution in [0.4, 0.5) is 13.2 Å². The summed E-state index contributed by atoms with van der Waals surface area (Å²) < 4.78 is 49.3. The third-order valence-electron chi connectivity index (χ3n) is 2.73. The number of carbonyl (C=O) groups is 1. The Hall–Kier alpha value is -2.50. The number of ketones is 1. The molecule has 0 aliphatic carbocycles. The van der Waals surface area contributed by atoms with Crippen molar-refractivity contribution >= 4 is 5.78 Å².